The van der Waals surface area contributed by atoms with Gasteiger partial charge in [0.15, 0.2) is 5.75 Å². The van der Waals surface area contributed by atoms with Gasteiger partial charge in [0, 0.05) is 4.53 Å². The first-order valence-corrected chi connectivity index (χ1v) is 3.52. The smallest absolute Gasteiger partial charge is 0.294 e. The summed E-state index contributed by atoms with van der Waals surface area (Å²) in [6.45, 7) is 1.09. The van der Waals surface area contributed by atoms with E-state index in [4.69, 9.17) is 0 Å². The Balaban J connectivity index is 3.35. The molecule has 0 radical (unpaired) electrons. The first-order chi connectivity index (χ1) is 6.36. The predicted octanol–water partition coefficient (Wildman–Crippen LogP) is 3.42. The van der Waals surface area contributed by atoms with Crippen LogP contribution in [0.15, 0.2) is 12.1 Å². The molecule has 78 valence electrons. The summed E-state index contributed by atoms with van der Waals surface area (Å²) in [4.78, 5) is 3.12. The summed E-state index contributed by atoms with van der Waals surface area (Å²) in [5.74, 6) is -2.09. The van der Waals surface area contributed by atoms with E-state index >= 15 is 0 Å². The first kappa shape index (κ1) is 10.7. The van der Waals surface area contributed by atoms with Gasteiger partial charge in [0.25, 0.3) is 0 Å². The number of alkyl halides is 3. The molecular weight excluding hydrogens is 207 g/mol. The Bertz CT molecular complexity index is 344. The highest BCUT2D eigenvalue weighted by Crippen LogP contribution is 2.35. The number of rotatable bonds is 1. The summed E-state index contributed by atoms with van der Waals surface area (Å²) < 4.78 is 60.9. The van der Waals surface area contributed by atoms with Gasteiger partial charge in [-0.1, -0.05) is 0 Å². The van der Waals surface area contributed by atoms with Gasteiger partial charge in [0.2, 0.25) is 0 Å². The Morgan fingerprint density at radius 2 is 1.79 bits per heavy atom. The fourth-order valence-electron chi connectivity index (χ4n) is 0.987. The minimum atomic E-state index is -4.86. The van der Waals surface area contributed by atoms with Crippen molar-refractivity contribution in [3.8, 4) is 5.75 Å². The molecule has 0 heterocycles. The van der Waals surface area contributed by atoms with Crippen molar-refractivity contribution in [2.45, 2.75) is 13.1 Å². The Hall–Kier alpha value is -1.33. The second-order valence-corrected chi connectivity index (χ2v) is 2.68. The molecule has 1 aromatic carbocycles. The third-order valence-electron chi connectivity index (χ3n) is 1.62. The van der Waals surface area contributed by atoms with Crippen LogP contribution in [0.1, 0.15) is 11.1 Å². The zero-order chi connectivity index (χ0) is 10.9. The number of aryl methyl sites for hydroxylation is 1. The summed E-state index contributed by atoms with van der Waals surface area (Å²) in [5, 5.41) is 0. The summed E-state index contributed by atoms with van der Waals surface area (Å²) in [7, 11) is 0. The van der Waals surface area contributed by atoms with Crippen LogP contribution < -0.4 is 4.94 Å². The van der Waals surface area contributed by atoms with Crippen molar-refractivity contribution in [2.24, 2.45) is 0 Å². The van der Waals surface area contributed by atoms with E-state index in [2.05, 4.69) is 4.94 Å². The molecule has 1 rings (SSSR count). The van der Waals surface area contributed by atoms with Crippen LogP contribution in [0.4, 0.5) is 22.1 Å². The SMILES string of the molecule is Cc1cc(OF)cc(C(F)(F)F)c1F. The monoisotopic (exact) mass is 212 g/mol. The molecule has 0 amide bonds. The van der Waals surface area contributed by atoms with Gasteiger partial charge in [-0.2, -0.15) is 13.2 Å². The van der Waals surface area contributed by atoms with Crippen LogP contribution in [-0.4, -0.2) is 0 Å². The zero-order valence-electron chi connectivity index (χ0n) is 6.95. The molecule has 0 saturated carbocycles. The van der Waals surface area contributed by atoms with Gasteiger partial charge in [0.05, 0.1) is 5.56 Å². The third kappa shape index (κ3) is 1.94. The fourth-order valence-corrected chi connectivity index (χ4v) is 0.987. The van der Waals surface area contributed by atoms with E-state index in [9.17, 15) is 22.1 Å². The molecule has 6 heteroatoms. The maximum atomic E-state index is 12.9. The van der Waals surface area contributed by atoms with E-state index in [1.807, 2.05) is 0 Å². The number of hydrogen-bond donors (Lipinski definition) is 0. The lowest BCUT2D eigenvalue weighted by Gasteiger charge is -2.10. The number of benzene rings is 1. The topological polar surface area (TPSA) is 9.23 Å². The van der Waals surface area contributed by atoms with E-state index in [0.717, 1.165) is 13.0 Å². The molecule has 0 fully saturated rings. The van der Waals surface area contributed by atoms with Crippen molar-refractivity contribution in [2.75, 3.05) is 0 Å². The van der Waals surface area contributed by atoms with Crippen LogP contribution in [0.5, 0.6) is 5.75 Å². The number of halogens is 5. The van der Waals surface area contributed by atoms with Gasteiger partial charge in [-0.25, -0.2) is 4.39 Å². The van der Waals surface area contributed by atoms with Gasteiger partial charge in [-0.15, -0.1) is 0 Å². The summed E-state index contributed by atoms with van der Waals surface area (Å²) in [6.07, 6.45) is -4.86. The van der Waals surface area contributed by atoms with Crippen molar-refractivity contribution in [1.82, 2.24) is 0 Å². The molecule has 0 bridgehead atoms. The van der Waals surface area contributed by atoms with Crippen LogP contribution in [0.25, 0.3) is 0 Å². The Morgan fingerprint density at radius 1 is 1.21 bits per heavy atom. The lowest BCUT2D eigenvalue weighted by molar-refractivity contribution is -0.140. The lowest BCUT2D eigenvalue weighted by atomic mass is 10.1. The average Bonchev–Trinajstić information content (AvgIpc) is 2.07. The second-order valence-electron chi connectivity index (χ2n) is 2.68. The van der Waals surface area contributed by atoms with E-state index in [1.165, 1.54) is 0 Å². The highest BCUT2D eigenvalue weighted by atomic mass is 19.4. The molecule has 0 unspecified atom stereocenters. The van der Waals surface area contributed by atoms with E-state index in [1.54, 1.807) is 0 Å². The number of hydrogen-bond acceptors (Lipinski definition) is 1. The maximum Gasteiger partial charge on any atom is 0.419 e. The van der Waals surface area contributed by atoms with Crippen LogP contribution in [0.2, 0.25) is 0 Å². The molecule has 0 aliphatic heterocycles. The standard InChI is InChI=1S/C8H5F5O/c1-4-2-5(14-13)3-6(7(4)9)8(10,11)12/h2-3H,1H3. The normalized spacial score (nSPS) is 11.6. The minimum absolute atomic E-state index is 0.266. The van der Waals surface area contributed by atoms with Crippen molar-refractivity contribution in [3.63, 3.8) is 0 Å². The predicted molar refractivity (Wildman–Crippen MR) is 37.9 cm³/mol. The van der Waals surface area contributed by atoms with Gasteiger partial charge < -0.3 is 0 Å². The van der Waals surface area contributed by atoms with E-state index in [0.29, 0.717) is 0 Å². The quantitative estimate of drug-likeness (QED) is 0.648. The Kier molecular flexibility index (Phi) is 2.64. The molecule has 0 saturated heterocycles. The highest BCUT2D eigenvalue weighted by Gasteiger charge is 2.35. The highest BCUT2D eigenvalue weighted by molar-refractivity contribution is 5.36. The molecule has 0 atom stereocenters. The summed E-state index contributed by atoms with van der Waals surface area (Å²) >= 11 is 0. The molecular formula is C8H5F5O. The molecule has 0 aromatic heterocycles. The fraction of sp³-hybridized carbons (Fsp3) is 0.250. The molecule has 14 heavy (non-hydrogen) atoms. The minimum Gasteiger partial charge on any atom is -0.294 e. The molecule has 1 aromatic rings. The van der Waals surface area contributed by atoms with E-state index < -0.39 is 23.3 Å². The third-order valence-corrected chi connectivity index (χ3v) is 1.62. The summed E-state index contributed by atoms with van der Waals surface area (Å²) in [5.41, 5.74) is -1.86. The summed E-state index contributed by atoms with van der Waals surface area (Å²) in [6, 6.07) is 1.10. The van der Waals surface area contributed by atoms with Crippen LogP contribution >= 0.6 is 0 Å². The molecule has 0 N–H and O–H groups in total. The van der Waals surface area contributed by atoms with Gasteiger partial charge in [-0.3, -0.25) is 4.94 Å². The molecule has 1 nitrogen and oxygen atoms in total. The van der Waals surface area contributed by atoms with Gasteiger partial charge >= 0.3 is 6.18 Å². The molecule has 0 aliphatic rings. The van der Waals surface area contributed by atoms with Crippen LogP contribution in [0, 0.1) is 12.7 Å². The first-order valence-electron chi connectivity index (χ1n) is 3.52. The molecule has 0 aliphatic carbocycles. The Labute approximate surface area is 76.0 Å². The van der Waals surface area contributed by atoms with Crippen molar-refractivity contribution in [3.05, 3.63) is 29.1 Å². The largest absolute Gasteiger partial charge is 0.419 e. The van der Waals surface area contributed by atoms with Crippen LogP contribution in [0.3, 0.4) is 0 Å². The van der Waals surface area contributed by atoms with Crippen LogP contribution in [-0.2, 0) is 6.18 Å². The van der Waals surface area contributed by atoms with Crippen molar-refractivity contribution >= 4 is 0 Å². The second kappa shape index (κ2) is 3.43. The maximum absolute atomic E-state index is 12.9. The zero-order valence-corrected chi connectivity index (χ0v) is 6.95. The Morgan fingerprint density at radius 3 is 2.21 bits per heavy atom. The average molecular weight is 212 g/mol. The van der Waals surface area contributed by atoms with Crippen molar-refractivity contribution in [1.29, 1.82) is 0 Å². The van der Waals surface area contributed by atoms with Gasteiger partial charge in [-0.05, 0) is 24.6 Å². The van der Waals surface area contributed by atoms with Gasteiger partial charge in [0.1, 0.15) is 5.82 Å². The van der Waals surface area contributed by atoms with E-state index in [-0.39, 0.29) is 11.6 Å². The molecule has 0 spiro atoms. The van der Waals surface area contributed by atoms with Crippen molar-refractivity contribution < 1.29 is 27.0 Å². The lowest BCUT2D eigenvalue weighted by Crippen LogP contribution is -2.09.